The zero-order chi connectivity index (χ0) is 15.8. The van der Waals surface area contributed by atoms with Crippen molar-refractivity contribution in [3.8, 4) is 0 Å². The van der Waals surface area contributed by atoms with E-state index in [0.717, 1.165) is 8.61 Å². The fourth-order valence-electron chi connectivity index (χ4n) is 2.36. The van der Waals surface area contributed by atoms with Gasteiger partial charge in [-0.05, 0) is 5.56 Å². The average Bonchev–Trinajstić information content (AvgIpc) is 2.73. The van der Waals surface area contributed by atoms with Crippen LogP contribution in [0, 0.1) is 5.92 Å². The minimum absolute atomic E-state index is 0.0265. The van der Waals surface area contributed by atoms with E-state index in [0.29, 0.717) is 5.56 Å². The Hall–Kier alpha value is -0.820. The number of halogens is 2. The molecule has 1 fully saturated rings. The Morgan fingerprint density at radius 1 is 1.33 bits per heavy atom. The maximum Gasteiger partial charge on any atom is 0.305 e. The van der Waals surface area contributed by atoms with Gasteiger partial charge in [0.25, 0.3) is 5.91 Å². The molecule has 0 bridgehead atoms. The molecule has 1 aliphatic heterocycles. The van der Waals surface area contributed by atoms with E-state index >= 15 is 0 Å². The van der Waals surface area contributed by atoms with Crippen molar-refractivity contribution in [3.63, 3.8) is 0 Å². The Morgan fingerprint density at radius 3 is 2.38 bits per heavy atom. The Labute approximate surface area is 134 Å². The number of amides is 1. The third kappa shape index (κ3) is 2.54. The summed E-state index contributed by atoms with van der Waals surface area (Å²) in [5, 5.41) is 0. The molecule has 0 aliphatic carbocycles. The van der Waals surface area contributed by atoms with Crippen LogP contribution in [0.2, 0.25) is 0 Å². The molecule has 0 spiro atoms. The number of nitrogens with zero attached hydrogens (tertiary/aromatic N) is 2. The molecule has 0 N–H and O–H groups in total. The van der Waals surface area contributed by atoms with Crippen LogP contribution in [0.4, 0.5) is 0 Å². The SMILES string of the molecule is CN(C)S(=O)(=O)N1CC(CCl)[C@](Cl)(c2ccccc2)C1=O. The van der Waals surface area contributed by atoms with E-state index in [1.54, 1.807) is 30.3 Å². The summed E-state index contributed by atoms with van der Waals surface area (Å²) in [4.78, 5) is 11.2. The Morgan fingerprint density at radius 2 is 1.90 bits per heavy atom. The van der Waals surface area contributed by atoms with Crippen molar-refractivity contribution in [2.24, 2.45) is 5.92 Å². The second kappa shape index (κ2) is 5.76. The molecule has 1 aliphatic rings. The lowest BCUT2D eigenvalue weighted by Crippen LogP contribution is -2.43. The molecular formula is C13H16Cl2N2O3S. The number of rotatable bonds is 4. The summed E-state index contributed by atoms with van der Waals surface area (Å²) in [6.45, 7) is -0.0265. The van der Waals surface area contributed by atoms with E-state index in [4.69, 9.17) is 23.2 Å². The van der Waals surface area contributed by atoms with Crippen LogP contribution in [0.1, 0.15) is 5.56 Å². The predicted molar refractivity (Wildman–Crippen MR) is 82.5 cm³/mol. The molecule has 116 valence electrons. The van der Waals surface area contributed by atoms with Gasteiger partial charge in [0.05, 0.1) is 0 Å². The maximum absolute atomic E-state index is 12.7. The van der Waals surface area contributed by atoms with Gasteiger partial charge in [-0.2, -0.15) is 12.7 Å². The van der Waals surface area contributed by atoms with E-state index < -0.39 is 26.9 Å². The zero-order valence-electron chi connectivity index (χ0n) is 11.7. The highest BCUT2D eigenvalue weighted by Crippen LogP contribution is 2.45. The lowest BCUT2D eigenvalue weighted by atomic mass is 9.88. The molecular weight excluding hydrogens is 335 g/mol. The van der Waals surface area contributed by atoms with E-state index in [9.17, 15) is 13.2 Å². The molecule has 5 nitrogen and oxygen atoms in total. The first-order valence-corrected chi connectivity index (χ1v) is 8.62. The van der Waals surface area contributed by atoms with Crippen molar-refractivity contribution in [2.45, 2.75) is 4.87 Å². The van der Waals surface area contributed by atoms with Crippen LogP contribution < -0.4 is 0 Å². The third-order valence-electron chi connectivity index (χ3n) is 3.61. The molecule has 2 atom stereocenters. The van der Waals surface area contributed by atoms with Crippen LogP contribution in [-0.2, 0) is 19.9 Å². The van der Waals surface area contributed by atoms with Gasteiger partial charge in [0.2, 0.25) is 0 Å². The Kier molecular flexibility index (Phi) is 4.54. The van der Waals surface area contributed by atoms with E-state index in [1.165, 1.54) is 14.1 Å². The number of carbonyl (C=O) groups excluding carboxylic acids is 1. The summed E-state index contributed by atoms with van der Waals surface area (Å²) in [6, 6.07) is 8.71. The van der Waals surface area contributed by atoms with Crippen LogP contribution >= 0.6 is 23.2 Å². The summed E-state index contributed by atoms with van der Waals surface area (Å²) in [5.41, 5.74) is 0.554. The Balaban J connectivity index is 2.51. The number of alkyl halides is 2. The topological polar surface area (TPSA) is 57.7 Å². The van der Waals surface area contributed by atoms with E-state index in [-0.39, 0.29) is 12.4 Å². The highest BCUT2D eigenvalue weighted by Gasteiger charge is 2.57. The lowest BCUT2D eigenvalue weighted by molar-refractivity contribution is -0.126. The fourth-order valence-corrected chi connectivity index (χ4v) is 4.30. The second-order valence-electron chi connectivity index (χ2n) is 5.06. The largest absolute Gasteiger partial charge is 0.305 e. The standard InChI is InChI=1S/C13H16Cl2N2O3S/c1-16(2)21(19,20)17-9-11(8-14)13(15,12(17)18)10-6-4-3-5-7-10/h3-7,11H,8-9H2,1-2H3/t11?,13-/m1/s1. The summed E-state index contributed by atoms with van der Waals surface area (Å²) < 4.78 is 26.3. The lowest BCUT2D eigenvalue weighted by Gasteiger charge is -2.25. The van der Waals surface area contributed by atoms with Gasteiger partial charge in [0.15, 0.2) is 4.87 Å². The monoisotopic (exact) mass is 350 g/mol. The number of carbonyl (C=O) groups is 1. The van der Waals surface area contributed by atoms with Crippen molar-refractivity contribution in [1.29, 1.82) is 0 Å². The van der Waals surface area contributed by atoms with Crippen LogP contribution in [-0.4, -0.2) is 49.5 Å². The smallest absolute Gasteiger partial charge is 0.271 e. The van der Waals surface area contributed by atoms with Gasteiger partial charge in [0.1, 0.15) is 0 Å². The van der Waals surface area contributed by atoms with Gasteiger partial charge in [-0.1, -0.05) is 30.3 Å². The van der Waals surface area contributed by atoms with Crippen molar-refractivity contribution >= 4 is 39.3 Å². The highest BCUT2D eigenvalue weighted by molar-refractivity contribution is 7.87. The number of hydrogen-bond donors (Lipinski definition) is 0. The molecule has 21 heavy (non-hydrogen) atoms. The first kappa shape index (κ1) is 16.5. The van der Waals surface area contributed by atoms with Crippen LogP contribution in [0.3, 0.4) is 0 Å². The molecule has 1 aromatic carbocycles. The summed E-state index contributed by atoms with van der Waals surface area (Å²) in [7, 11) is -1.13. The summed E-state index contributed by atoms with van der Waals surface area (Å²) in [5.74, 6) is -1.07. The molecule has 0 aromatic heterocycles. The van der Waals surface area contributed by atoms with Gasteiger partial charge in [-0.25, -0.2) is 4.31 Å². The Bertz CT molecular complexity index is 636. The molecule has 8 heteroatoms. The minimum atomic E-state index is -3.87. The van der Waals surface area contributed by atoms with Crippen LogP contribution in [0.25, 0.3) is 0 Å². The van der Waals surface area contributed by atoms with E-state index in [1.807, 2.05) is 0 Å². The number of benzene rings is 1. The van der Waals surface area contributed by atoms with Gasteiger partial charge in [-0.3, -0.25) is 4.79 Å². The molecule has 1 unspecified atom stereocenters. The van der Waals surface area contributed by atoms with E-state index in [2.05, 4.69) is 0 Å². The highest BCUT2D eigenvalue weighted by atomic mass is 35.5. The van der Waals surface area contributed by atoms with Gasteiger partial charge >= 0.3 is 10.2 Å². The molecule has 1 amide bonds. The van der Waals surface area contributed by atoms with Crippen molar-refractivity contribution in [3.05, 3.63) is 35.9 Å². The number of hydrogen-bond acceptors (Lipinski definition) is 3. The van der Waals surface area contributed by atoms with Crippen LogP contribution in [0.15, 0.2) is 30.3 Å². The summed E-state index contributed by atoms with van der Waals surface area (Å²) >= 11 is 12.5. The molecule has 1 aromatic rings. The first-order chi connectivity index (χ1) is 9.76. The third-order valence-corrected chi connectivity index (χ3v) is 6.46. The maximum atomic E-state index is 12.7. The van der Waals surface area contributed by atoms with Crippen molar-refractivity contribution in [1.82, 2.24) is 8.61 Å². The summed E-state index contributed by atoms with van der Waals surface area (Å²) in [6.07, 6.45) is 0. The molecule has 0 saturated carbocycles. The van der Waals surface area contributed by atoms with Gasteiger partial charge in [0, 0.05) is 32.4 Å². The zero-order valence-corrected chi connectivity index (χ0v) is 14.0. The quantitative estimate of drug-likeness (QED) is 0.775. The molecule has 2 rings (SSSR count). The normalized spacial score (nSPS) is 26.6. The minimum Gasteiger partial charge on any atom is -0.271 e. The average molecular weight is 351 g/mol. The first-order valence-electron chi connectivity index (χ1n) is 6.31. The van der Waals surface area contributed by atoms with Crippen molar-refractivity contribution in [2.75, 3.05) is 26.5 Å². The fraction of sp³-hybridized carbons (Fsp3) is 0.462. The molecule has 1 saturated heterocycles. The van der Waals surface area contributed by atoms with Gasteiger partial charge in [-0.15, -0.1) is 23.2 Å². The van der Waals surface area contributed by atoms with Gasteiger partial charge < -0.3 is 0 Å². The van der Waals surface area contributed by atoms with Crippen LogP contribution in [0.5, 0.6) is 0 Å². The predicted octanol–water partition coefficient (Wildman–Crippen LogP) is 1.62. The molecule has 1 heterocycles. The van der Waals surface area contributed by atoms with Crippen molar-refractivity contribution < 1.29 is 13.2 Å². The second-order valence-corrected chi connectivity index (χ2v) is 8.03. The molecule has 0 radical (unpaired) electrons.